The number of carbonyl (C=O) groups excluding carboxylic acids is 4. The molecule has 14 heteroatoms. The highest BCUT2D eigenvalue weighted by atomic mass is 35.5. The molecule has 4 fully saturated rings. The third-order valence-electron chi connectivity index (χ3n) is 14.3. The van der Waals surface area contributed by atoms with Crippen molar-refractivity contribution in [3.63, 3.8) is 0 Å². The molecule has 2 aromatic rings. The predicted octanol–water partition coefficient (Wildman–Crippen LogP) is 9.74. The minimum Gasteiger partial charge on any atom is -0.444 e. The molecule has 4 amide bonds. The van der Waals surface area contributed by atoms with Crippen molar-refractivity contribution in [2.45, 2.75) is 168 Å². The van der Waals surface area contributed by atoms with Crippen LogP contribution < -0.4 is 10.6 Å². The number of halogens is 2. The van der Waals surface area contributed by atoms with Gasteiger partial charge >= 0.3 is 12.2 Å². The van der Waals surface area contributed by atoms with Gasteiger partial charge in [-0.2, -0.15) is 0 Å². The molecule has 12 nitrogen and oxygen atoms in total. The Morgan fingerprint density at radius 2 is 0.891 bits per heavy atom. The summed E-state index contributed by atoms with van der Waals surface area (Å²) in [6.45, 7) is 24.6. The monoisotopic (exact) mass is 928 g/mol. The van der Waals surface area contributed by atoms with Crippen molar-refractivity contribution in [2.24, 2.45) is 22.7 Å². The highest BCUT2D eigenvalue weighted by Crippen LogP contribution is 2.49. The second kappa shape index (κ2) is 18.6. The molecule has 356 valence electrons. The summed E-state index contributed by atoms with van der Waals surface area (Å²) in [4.78, 5) is 55.8. The fourth-order valence-corrected chi connectivity index (χ4v) is 10.7. The molecule has 2 saturated heterocycles. The van der Waals surface area contributed by atoms with Gasteiger partial charge in [-0.3, -0.25) is 9.59 Å². The van der Waals surface area contributed by atoms with Crippen LogP contribution in [0.1, 0.15) is 146 Å². The molecular weight excluding hydrogens is 855 g/mol. The van der Waals surface area contributed by atoms with E-state index in [0.717, 1.165) is 49.7 Å². The largest absolute Gasteiger partial charge is 0.444 e. The molecule has 0 aromatic heterocycles. The summed E-state index contributed by atoms with van der Waals surface area (Å²) < 4.78 is 10.9. The fraction of sp³-hybridized carbons (Fsp3) is 0.680. The lowest BCUT2D eigenvalue weighted by Crippen LogP contribution is -2.60. The number of benzene rings is 2. The number of hydrogen-bond acceptors (Lipinski definition) is 8. The van der Waals surface area contributed by atoms with Crippen molar-refractivity contribution >= 4 is 47.2 Å². The van der Waals surface area contributed by atoms with Crippen LogP contribution in [0.2, 0.25) is 10.0 Å². The maximum absolute atomic E-state index is 13.6. The van der Waals surface area contributed by atoms with E-state index in [0.29, 0.717) is 49.1 Å². The number of likely N-dealkylation sites (tertiary alicyclic amines) is 2. The zero-order valence-electron chi connectivity index (χ0n) is 40.3. The number of rotatable bonds is 6. The van der Waals surface area contributed by atoms with E-state index in [-0.39, 0.29) is 23.7 Å². The first-order chi connectivity index (χ1) is 29.3. The SMILES string of the molecule is CC(C)(C)OC(=O)N[C@@]1(C)CCC[C@H]1C(=O)N1CC[C@](O)(c2ccc(Cl)cc2)C(C)(C)C1.CC(C)(C)OC(=O)N[C@]1(C)CCC[C@@H]1C(=O)N1CC[C@](O)(c2ccc(Cl)cc2)C(C)(C)C1. The molecule has 4 aliphatic rings. The lowest BCUT2D eigenvalue weighted by molar-refractivity contribution is -0.158. The maximum Gasteiger partial charge on any atom is 0.408 e. The van der Waals surface area contributed by atoms with Crippen LogP contribution in [0.3, 0.4) is 0 Å². The molecular formula is C50H74Cl2N4O8. The van der Waals surface area contributed by atoms with E-state index >= 15 is 0 Å². The van der Waals surface area contributed by atoms with Gasteiger partial charge in [-0.1, -0.05) is 88.0 Å². The topological polar surface area (TPSA) is 158 Å². The summed E-state index contributed by atoms with van der Waals surface area (Å²) in [5, 5.41) is 30.4. The number of ether oxygens (including phenoxy) is 2. The maximum atomic E-state index is 13.6. The third kappa shape index (κ3) is 11.3. The van der Waals surface area contributed by atoms with Gasteiger partial charge < -0.3 is 40.1 Å². The van der Waals surface area contributed by atoms with Crippen molar-refractivity contribution in [3.05, 3.63) is 69.7 Å². The van der Waals surface area contributed by atoms with Crippen LogP contribution in [-0.4, -0.2) is 92.5 Å². The molecule has 2 aliphatic heterocycles. The summed E-state index contributed by atoms with van der Waals surface area (Å²) in [5.41, 5.74) is -4.06. The van der Waals surface area contributed by atoms with Crippen LogP contribution in [0.4, 0.5) is 9.59 Å². The Labute approximate surface area is 391 Å². The van der Waals surface area contributed by atoms with E-state index in [9.17, 15) is 29.4 Å². The standard InChI is InChI=1S/2C25H37ClN2O4/c2*1-22(2,3)32-21(30)27-24(6)13-7-8-19(24)20(29)28-15-14-25(31,23(4,5)16-28)17-9-11-18(26)12-10-17/h2*9-12,19,31H,7-8,13-16H2,1-6H3,(H,27,30)/t19-,24-,25+;19-,24-,25-/m10/s1. The molecule has 2 aliphatic carbocycles. The van der Waals surface area contributed by atoms with Crippen molar-refractivity contribution in [2.75, 3.05) is 26.2 Å². The van der Waals surface area contributed by atoms with Gasteiger partial charge in [0.1, 0.15) is 11.2 Å². The van der Waals surface area contributed by atoms with Crippen molar-refractivity contribution in [1.29, 1.82) is 0 Å². The van der Waals surface area contributed by atoms with E-state index in [1.807, 2.05) is 117 Å². The number of hydrogen-bond donors (Lipinski definition) is 4. The lowest BCUT2D eigenvalue weighted by atomic mass is 9.66. The van der Waals surface area contributed by atoms with Crippen LogP contribution in [0.5, 0.6) is 0 Å². The first kappa shape index (κ1) is 51.4. The van der Waals surface area contributed by atoms with Crippen molar-refractivity contribution < 1.29 is 38.9 Å². The van der Waals surface area contributed by atoms with Crippen LogP contribution >= 0.6 is 23.2 Å². The molecule has 0 bridgehead atoms. The number of carbonyl (C=O) groups is 4. The molecule has 4 N–H and O–H groups in total. The number of amides is 4. The van der Waals surface area contributed by atoms with Gasteiger partial charge in [0.05, 0.1) is 34.1 Å². The van der Waals surface area contributed by atoms with Gasteiger partial charge in [0, 0.05) is 47.1 Å². The quantitative estimate of drug-likeness (QED) is 0.223. The van der Waals surface area contributed by atoms with Crippen LogP contribution in [0.15, 0.2) is 48.5 Å². The summed E-state index contributed by atoms with van der Waals surface area (Å²) >= 11 is 12.1. The Balaban J connectivity index is 0.000000241. The molecule has 0 unspecified atom stereocenters. The fourth-order valence-electron chi connectivity index (χ4n) is 10.5. The van der Waals surface area contributed by atoms with Gasteiger partial charge in [-0.15, -0.1) is 0 Å². The number of nitrogens with one attached hydrogen (secondary N) is 2. The van der Waals surface area contributed by atoms with Crippen LogP contribution in [0, 0.1) is 22.7 Å². The third-order valence-corrected chi connectivity index (χ3v) is 14.8. The molecule has 64 heavy (non-hydrogen) atoms. The first-order valence-electron chi connectivity index (χ1n) is 22.9. The molecule has 6 rings (SSSR count). The minimum atomic E-state index is -1.05. The molecule has 2 saturated carbocycles. The summed E-state index contributed by atoms with van der Waals surface area (Å²) in [5.74, 6) is -0.556. The highest BCUT2D eigenvalue weighted by Gasteiger charge is 2.54. The summed E-state index contributed by atoms with van der Waals surface area (Å²) in [6.07, 6.45) is 4.55. The van der Waals surface area contributed by atoms with Crippen molar-refractivity contribution in [1.82, 2.24) is 20.4 Å². The van der Waals surface area contributed by atoms with Crippen molar-refractivity contribution in [3.8, 4) is 0 Å². The summed E-state index contributed by atoms with van der Waals surface area (Å²) in [6, 6.07) is 14.6. The number of piperidine rings is 2. The van der Waals surface area contributed by atoms with Gasteiger partial charge in [-0.05, 0) is 129 Å². The molecule has 6 atom stereocenters. The average molecular weight is 930 g/mol. The highest BCUT2D eigenvalue weighted by molar-refractivity contribution is 6.30. The van der Waals surface area contributed by atoms with E-state index in [2.05, 4.69) is 10.6 Å². The van der Waals surface area contributed by atoms with Gasteiger partial charge in [-0.25, -0.2) is 9.59 Å². The van der Waals surface area contributed by atoms with Gasteiger partial charge in [0.25, 0.3) is 0 Å². The average Bonchev–Trinajstić information content (AvgIpc) is 3.73. The Kier molecular flexibility index (Phi) is 14.9. The second-order valence-corrected chi connectivity index (χ2v) is 23.4. The Bertz CT molecular complexity index is 1870. The Hall–Kier alpha value is -3.58. The second-order valence-electron chi connectivity index (χ2n) is 22.5. The number of alkyl carbamates (subject to hydrolysis) is 2. The van der Waals surface area contributed by atoms with Gasteiger partial charge in [0.15, 0.2) is 0 Å². The number of aliphatic hydroxyl groups is 2. The lowest BCUT2D eigenvalue weighted by Gasteiger charge is -2.51. The Morgan fingerprint density at radius 1 is 0.578 bits per heavy atom. The number of nitrogens with zero attached hydrogens (tertiary/aromatic N) is 2. The zero-order chi connectivity index (χ0) is 47.9. The van der Waals surface area contributed by atoms with E-state index in [1.165, 1.54) is 0 Å². The summed E-state index contributed by atoms with van der Waals surface area (Å²) in [7, 11) is 0. The Morgan fingerprint density at radius 3 is 1.17 bits per heavy atom. The van der Waals surface area contributed by atoms with Crippen LogP contribution in [0.25, 0.3) is 0 Å². The molecule has 0 spiro atoms. The van der Waals surface area contributed by atoms with E-state index < -0.39 is 56.5 Å². The molecule has 2 aromatic carbocycles. The van der Waals surface area contributed by atoms with E-state index in [1.54, 1.807) is 24.3 Å². The normalized spacial score (nSPS) is 30.1. The molecule has 2 heterocycles. The first-order valence-corrected chi connectivity index (χ1v) is 23.7. The van der Waals surface area contributed by atoms with E-state index in [4.69, 9.17) is 32.7 Å². The predicted molar refractivity (Wildman–Crippen MR) is 251 cm³/mol. The zero-order valence-corrected chi connectivity index (χ0v) is 41.8. The smallest absolute Gasteiger partial charge is 0.408 e. The van der Waals surface area contributed by atoms with Crippen LogP contribution in [-0.2, 0) is 30.3 Å². The minimum absolute atomic E-state index is 0.0345. The molecule has 0 radical (unpaired) electrons. The van der Waals surface area contributed by atoms with Gasteiger partial charge in [0.2, 0.25) is 11.8 Å².